The van der Waals surface area contributed by atoms with Crippen molar-refractivity contribution in [1.29, 1.82) is 0 Å². The first-order valence-corrected chi connectivity index (χ1v) is 9.29. The van der Waals surface area contributed by atoms with Gasteiger partial charge in [0.2, 0.25) is 0 Å². The average molecular weight is 362 g/mol. The van der Waals surface area contributed by atoms with Gasteiger partial charge in [0.15, 0.2) is 6.10 Å². The van der Waals surface area contributed by atoms with Crippen LogP contribution in [0.15, 0.2) is 48.7 Å². The van der Waals surface area contributed by atoms with E-state index in [-0.39, 0.29) is 5.91 Å². The zero-order valence-electron chi connectivity index (χ0n) is 16.5. The zero-order valence-corrected chi connectivity index (χ0v) is 16.5. The molecule has 2 aromatic carbocycles. The third-order valence-electron chi connectivity index (χ3n) is 4.69. The van der Waals surface area contributed by atoms with Gasteiger partial charge in [-0.3, -0.25) is 9.78 Å². The number of nitrogens with zero attached hydrogens (tertiary/aromatic N) is 1. The van der Waals surface area contributed by atoms with E-state index < -0.39 is 6.10 Å². The molecule has 0 radical (unpaired) electrons. The fraction of sp³-hybridized carbons (Fsp3) is 0.304. The molecule has 0 aliphatic heterocycles. The Kier molecular flexibility index (Phi) is 5.45. The highest BCUT2D eigenvalue weighted by molar-refractivity contribution is 6.03. The van der Waals surface area contributed by atoms with Gasteiger partial charge in [0.1, 0.15) is 5.75 Å². The molecule has 1 atom stereocenters. The summed E-state index contributed by atoms with van der Waals surface area (Å²) in [7, 11) is 0. The normalized spacial score (nSPS) is 12.2. The van der Waals surface area contributed by atoms with Crippen LogP contribution in [-0.2, 0) is 4.79 Å². The Bertz CT molecular complexity index is 979. The number of hydrogen-bond acceptors (Lipinski definition) is 3. The fourth-order valence-electron chi connectivity index (χ4n) is 3.12. The maximum absolute atomic E-state index is 12.8. The molecule has 1 N–H and O–H groups in total. The lowest BCUT2D eigenvalue weighted by molar-refractivity contribution is -0.122. The van der Waals surface area contributed by atoms with Crippen molar-refractivity contribution in [3.63, 3.8) is 0 Å². The fourth-order valence-corrected chi connectivity index (χ4v) is 3.12. The minimum atomic E-state index is -0.614. The van der Waals surface area contributed by atoms with Gasteiger partial charge >= 0.3 is 0 Å². The van der Waals surface area contributed by atoms with Crippen molar-refractivity contribution in [2.24, 2.45) is 0 Å². The molecule has 0 spiro atoms. The molecule has 27 heavy (non-hydrogen) atoms. The molecule has 1 amide bonds. The number of fused-ring (bicyclic) bond motifs is 1. The van der Waals surface area contributed by atoms with Gasteiger partial charge in [-0.15, -0.1) is 0 Å². The Hall–Kier alpha value is -2.88. The summed E-state index contributed by atoms with van der Waals surface area (Å²) < 4.78 is 6.03. The van der Waals surface area contributed by atoms with Crippen LogP contribution in [-0.4, -0.2) is 17.0 Å². The number of benzene rings is 2. The Morgan fingerprint density at radius 2 is 1.85 bits per heavy atom. The van der Waals surface area contributed by atoms with Crippen LogP contribution >= 0.6 is 0 Å². The molecule has 3 rings (SSSR count). The van der Waals surface area contributed by atoms with Crippen LogP contribution in [0.2, 0.25) is 0 Å². The first-order chi connectivity index (χ1) is 12.9. The highest BCUT2D eigenvalue weighted by atomic mass is 16.5. The predicted molar refractivity (Wildman–Crippen MR) is 110 cm³/mol. The quantitative estimate of drug-likeness (QED) is 0.663. The van der Waals surface area contributed by atoms with E-state index in [1.807, 2.05) is 44.2 Å². The molecule has 0 saturated heterocycles. The van der Waals surface area contributed by atoms with Crippen LogP contribution in [0.5, 0.6) is 5.75 Å². The number of rotatable bonds is 5. The molecule has 4 nitrogen and oxygen atoms in total. The van der Waals surface area contributed by atoms with Crippen LogP contribution in [0, 0.1) is 13.8 Å². The van der Waals surface area contributed by atoms with Crippen molar-refractivity contribution in [2.75, 3.05) is 5.32 Å². The molecule has 3 aromatic rings. The molecule has 1 unspecified atom stereocenters. The van der Waals surface area contributed by atoms with Gasteiger partial charge in [0.05, 0.1) is 11.2 Å². The molecular formula is C23H26N2O2. The van der Waals surface area contributed by atoms with Crippen LogP contribution in [0.4, 0.5) is 5.69 Å². The predicted octanol–water partition coefficient (Wildman–Crippen LogP) is 5.38. The Balaban J connectivity index is 1.82. The molecule has 1 heterocycles. The third kappa shape index (κ3) is 4.11. The summed E-state index contributed by atoms with van der Waals surface area (Å²) in [6, 6.07) is 13.8. The number of hydrogen-bond donors (Lipinski definition) is 1. The lowest BCUT2D eigenvalue weighted by Crippen LogP contribution is -2.30. The van der Waals surface area contributed by atoms with E-state index in [1.165, 1.54) is 0 Å². The standard InChI is InChI=1S/C23H26N2O2/c1-14(2)18-10-8-15(3)13-21(18)27-17(5)23(26)25-20-11-9-16(4)22-19(20)7-6-12-24-22/h6-14,17H,1-5H3,(H,25,26). The number of carbonyl (C=O) groups excluding carboxylic acids is 1. The van der Waals surface area contributed by atoms with E-state index in [4.69, 9.17) is 4.74 Å². The summed E-state index contributed by atoms with van der Waals surface area (Å²) >= 11 is 0. The number of nitrogens with one attached hydrogen (secondary N) is 1. The number of amides is 1. The summed E-state index contributed by atoms with van der Waals surface area (Å²) in [5.41, 5.74) is 4.93. The number of carbonyl (C=O) groups is 1. The van der Waals surface area contributed by atoms with Gasteiger partial charge in [0.25, 0.3) is 5.91 Å². The first-order valence-electron chi connectivity index (χ1n) is 9.29. The molecule has 140 valence electrons. The number of anilines is 1. The zero-order chi connectivity index (χ0) is 19.6. The molecule has 0 fully saturated rings. The first kappa shape index (κ1) is 18.9. The van der Waals surface area contributed by atoms with Crippen molar-refractivity contribution in [2.45, 2.75) is 46.6 Å². The third-order valence-corrected chi connectivity index (χ3v) is 4.69. The average Bonchev–Trinajstić information content (AvgIpc) is 2.64. The second-order valence-corrected chi connectivity index (χ2v) is 7.27. The molecule has 0 aliphatic carbocycles. The van der Waals surface area contributed by atoms with Crippen molar-refractivity contribution in [3.05, 3.63) is 65.4 Å². The van der Waals surface area contributed by atoms with Crippen LogP contribution in [0.3, 0.4) is 0 Å². The molecular weight excluding hydrogens is 336 g/mol. The monoisotopic (exact) mass is 362 g/mol. The second kappa shape index (κ2) is 7.78. The minimum Gasteiger partial charge on any atom is -0.481 e. The molecule has 1 aromatic heterocycles. The van der Waals surface area contributed by atoms with Crippen molar-refractivity contribution in [1.82, 2.24) is 4.98 Å². The van der Waals surface area contributed by atoms with Crippen molar-refractivity contribution < 1.29 is 9.53 Å². The Morgan fingerprint density at radius 3 is 2.59 bits per heavy atom. The molecule has 0 bridgehead atoms. The van der Waals surface area contributed by atoms with Crippen LogP contribution < -0.4 is 10.1 Å². The minimum absolute atomic E-state index is 0.180. The Morgan fingerprint density at radius 1 is 1.07 bits per heavy atom. The van der Waals surface area contributed by atoms with Crippen molar-refractivity contribution in [3.8, 4) is 5.75 Å². The van der Waals surface area contributed by atoms with Crippen LogP contribution in [0.1, 0.15) is 43.4 Å². The van der Waals surface area contributed by atoms with Crippen molar-refractivity contribution >= 4 is 22.5 Å². The number of ether oxygens (including phenoxy) is 1. The van der Waals surface area contributed by atoms with E-state index in [9.17, 15) is 4.79 Å². The number of pyridine rings is 1. The van der Waals surface area contributed by atoms with E-state index >= 15 is 0 Å². The highest BCUT2D eigenvalue weighted by Gasteiger charge is 2.19. The molecule has 0 aliphatic rings. The summed E-state index contributed by atoms with van der Waals surface area (Å²) in [6.07, 6.45) is 1.15. The number of aryl methyl sites for hydroxylation is 2. The molecule has 4 heteroatoms. The van der Waals surface area contributed by atoms with E-state index in [2.05, 4.69) is 36.3 Å². The number of aromatic nitrogens is 1. The van der Waals surface area contributed by atoms with Gasteiger partial charge in [-0.2, -0.15) is 0 Å². The van der Waals surface area contributed by atoms with Gasteiger partial charge in [0, 0.05) is 11.6 Å². The smallest absolute Gasteiger partial charge is 0.265 e. The SMILES string of the molecule is Cc1ccc(C(C)C)c(OC(C)C(=O)Nc2ccc(C)c3ncccc23)c1. The summed E-state index contributed by atoms with van der Waals surface area (Å²) in [5.74, 6) is 0.909. The lowest BCUT2D eigenvalue weighted by Gasteiger charge is -2.20. The summed E-state index contributed by atoms with van der Waals surface area (Å²) in [4.78, 5) is 17.2. The van der Waals surface area contributed by atoms with Crippen LogP contribution in [0.25, 0.3) is 10.9 Å². The van der Waals surface area contributed by atoms with Gasteiger partial charge in [-0.25, -0.2) is 0 Å². The van der Waals surface area contributed by atoms with Gasteiger partial charge in [-0.05, 0) is 67.6 Å². The molecule has 0 saturated carbocycles. The largest absolute Gasteiger partial charge is 0.481 e. The topological polar surface area (TPSA) is 51.2 Å². The lowest BCUT2D eigenvalue weighted by atomic mass is 10.0. The summed E-state index contributed by atoms with van der Waals surface area (Å²) in [6.45, 7) is 10.0. The Labute approximate surface area is 160 Å². The highest BCUT2D eigenvalue weighted by Crippen LogP contribution is 2.29. The second-order valence-electron chi connectivity index (χ2n) is 7.27. The maximum atomic E-state index is 12.8. The van der Waals surface area contributed by atoms with Gasteiger partial charge < -0.3 is 10.1 Å². The van der Waals surface area contributed by atoms with E-state index in [0.29, 0.717) is 5.92 Å². The van der Waals surface area contributed by atoms with Gasteiger partial charge in [-0.1, -0.05) is 32.0 Å². The summed E-state index contributed by atoms with van der Waals surface area (Å²) in [5, 5.41) is 3.92. The van der Waals surface area contributed by atoms with E-state index in [1.54, 1.807) is 13.1 Å². The van der Waals surface area contributed by atoms with E-state index in [0.717, 1.165) is 39.0 Å². The maximum Gasteiger partial charge on any atom is 0.265 e.